The summed E-state index contributed by atoms with van der Waals surface area (Å²) in [6, 6.07) is 4.19. The van der Waals surface area contributed by atoms with Crippen LogP contribution in [0.1, 0.15) is 36.5 Å². The van der Waals surface area contributed by atoms with Gasteiger partial charge < -0.3 is 14.9 Å². The number of ether oxygens (including phenoxy) is 1. The Morgan fingerprint density at radius 3 is 2.76 bits per heavy atom. The van der Waals surface area contributed by atoms with Crippen LogP contribution in [0.4, 0.5) is 0 Å². The fourth-order valence-corrected chi connectivity index (χ4v) is 2.92. The van der Waals surface area contributed by atoms with E-state index >= 15 is 0 Å². The second kappa shape index (κ2) is 7.80. The predicted octanol–water partition coefficient (Wildman–Crippen LogP) is 3.14. The number of furan rings is 1. The van der Waals surface area contributed by atoms with Gasteiger partial charge >= 0.3 is 0 Å². The standard InChI is InChI=1S/C13H23NO2S/c1-4-11(14)13(17-9-5-8-15-3)12-7-6-10(2)16-12/h6-7,11,13H,4-5,8-9,14H2,1-3H3. The van der Waals surface area contributed by atoms with Crippen molar-refractivity contribution in [3.05, 3.63) is 23.7 Å². The molecule has 1 rings (SSSR count). The molecule has 1 aromatic heterocycles. The van der Waals surface area contributed by atoms with Crippen molar-refractivity contribution in [2.24, 2.45) is 5.73 Å². The largest absolute Gasteiger partial charge is 0.465 e. The number of thioether (sulfide) groups is 1. The summed E-state index contributed by atoms with van der Waals surface area (Å²) < 4.78 is 10.7. The molecule has 2 N–H and O–H groups in total. The summed E-state index contributed by atoms with van der Waals surface area (Å²) in [5.74, 6) is 3.00. The van der Waals surface area contributed by atoms with E-state index in [-0.39, 0.29) is 11.3 Å². The normalized spacial score (nSPS) is 14.8. The van der Waals surface area contributed by atoms with Crippen molar-refractivity contribution >= 4 is 11.8 Å². The lowest BCUT2D eigenvalue weighted by Crippen LogP contribution is -2.25. The second-order valence-corrected chi connectivity index (χ2v) is 5.41. The zero-order chi connectivity index (χ0) is 12.7. The molecule has 0 saturated carbocycles. The van der Waals surface area contributed by atoms with E-state index in [0.29, 0.717) is 0 Å². The molecule has 0 amide bonds. The number of methoxy groups -OCH3 is 1. The van der Waals surface area contributed by atoms with Gasteiger partial charge in [0.2, 0.25) is 0 Å². The van der Waals surface area contributed by atoms with Crippen LogP contribution in [-0.2, 0) is 4.74 Å². The third kappa shape index (κ3) is 4.74. The molecule has 2 unspecified atom stereocenters. The molecule has 1 aromatic rings. The Bertz CT molecular complexity index is 314. The van der Waals surface area contributed by atoms with Crippen LogP contribution < -0.4 is 5.73 Å². The van der Waals surface area contributed by atoms with Crippen molar-refractivity contribution in [1.82, 2.24) is 0 Å². The number of rotatable bonds is 8. The topological polar surface area (TPSA) is 48.4 Å². The first-order chi connectivity index (χ1) is 8.19. The van der Waals surface area contributed by atoms with Crippen molar-refractivity contribution in [1.29, 1.82) is 0 Å². The van der Waals surface area contributed by atoms with Gasteiger partial charge in [0.25, 0.3) is 0 Å². The molecular formula is C13H23NO2S. The van der Waals surface area contributed by atoms with Gasteiger partial charge in [-0.25, -0.2) is 0 Å². The van der Waals surface area contributed by atoms with Crippen molar-refractivity contribution in [2.75, 3.05) is 19.5 Å². The summed E-state index contributed by atoms with van der Waals surface area (Å²) in [6.07, 6.45) is 2.01. The van der Waals surface area contributed by atoms with Gasteiger partial charge in [0.15, 0.2) is 0 Å². The van der Waals surface area contributed by atoms with E-state index in [1.807, 2.05) is 30.8 Å². The molecule has 0 aliphatic heterocycles. The Hall–Kier alpha value is -0.450. The summed E-state index contributed by atoms with van der Waals surface area (Å²) >= 11 is 1.86. The van der Waals surface area contributed by atoms with Gasteiger partial charge in [0, 0.05) is 19.8 Å². The van der Waals surface area contributed by atoms with Crippen molar-refractivity contribution < 1.29 is 9.15 Å². The summed E-state index contributed by atoms with van der Waals surface area (Å²) in [4.78, 5) is 0. The molecule has 2 atom stereocenters. The van der Waals surface area contributed by atoms with Crippen LogP contribution >= 0.6 is 11.8 Å². The fraction of sp³-hybridized carbons (Fsp3) is 0.692. The third-order valence-corrected chi connectivity index (χ3v) is 4.16. The predicted molar refractivity (Wildman–Crippen MR) is 73.4 cm³/mol. The minimum atomic E-state index is 0.146. The molecule has 0 fully saturated rings. The van der Waals surface area contributed by atoms with Gasteiger partial charge in [0.1, 0.15) is 11.5 Å². The van der Waals surface area contributed by atoms with Crippen molar-refractivity contribution in [2.45, 2.75) is 38.0 Å². The molecule has 3 nitrogen and oxygen atoms in total. The number of hydrogen-bond donors (Lipinski definition) is 1. The van der Waals surface area contributed by atoms with Gasteiger partial charge in [-0.15, -0.1) is 11.8 Å². The molecule has 17 heavy (non-hydrogen) atoms. The lowest BCUT2D eigenvalue weighted by molar-refractivity contribution is 0.200. The maximum absolute atomic E-state index is 6.16. The average molecular weight is 257 g/mol. The summed E-state index contributed by atoms with van der Waals surface area (Å²) in [7, 11) is 1.73. The molecule has 0 saturated heterocycles. The maximum atomic E-state index is 6.16. The summed E-state index contributed by atoms with van der Waals surface area (Å²) in [5.41, 5.74) is 6.16. The number of hydrogen-bond acceptors (Lipinski definition) is 4. The Morgan fingerprint density at radius 2 is 2.24 bits per heavy atom. The van der Waals surface area contributed by atoms with Gasteiger partial charge in [-0.2, -0.15) is 0 Å². The zero-order valence-corrected chi connectivity index (χ0v) is 11.8. The molecule has 0 spiro atoms. The zero-order valence-electron chi connectivity index (χ0n) is 10.9. The average Bonchev–Trinajstić information content (AvgIpc) is 2.75. The van der Waals surface area contributed by atoms with Crippen molar-refractivity contribution in [3.63, 3.8) is 0 Å². The Balaban J connectivity index is 2.55. The lowest BCUT2D eigenvalue weighted by Gasteiger charge is -2.20. The van der Waals surface area contributed by atoms with Crippen LogP contribution in [0.5, 0.6) is 0 Å². The van der Waals surface area contributed by atoms with E-state index in [0.717, 1.165) is 36.7 Å². The fourth-order valence-electron chi connectivity index (χ4n) is 1.65. The number of nitrogens with two attached hydrogens (primary N) is 1. The highest BCUT2D eigenvalue weighted by molar-refractivity contribution is 7.99. The molecule has 4 heteroatoms. The molecule has 0 aliphatic carbocycles. The highest BCUT2D eigenvalue weighted by Gasteiger charge is 2.21. The van der Waals surface area contributed by atoms with E-state index in [9.17, 15) is 0 Å². The van der Waals surface area contributed by atoms with Crippen LogP contribution in [0.25, 0.3) is 0 Å². The molecule has 0 radical (unpaired) electrons. The smallest absolute Gasteiger partial charge is 0.118 e. The molecular weight excluding hydrogens is 234 g/mol. The second-order valence-electron chi connectivity index (χ2n) is 4.16. The minimum Gasteiger partial charge on any atom is -0.465 e. The van der Waals surface area contributed by atoms with Crippen LogP contribution in [0, 0.1) is 6.92 Å². The van der Waals surface area contributed by atoms with E-state index in [1.165, 1.54) is 0 Å². The Labute approximate surface area is 108 Å². The lowest BCUT2D eigenvalue weighted by atomic mass is 10.1. The summed E-state index contributed by atoms with van der Waals surface area (Å²) in [5, 5.41) is 0.255. The first kappa shape index (κ1) is 14.6. The first-order valence-corrected chi connectivity index (χ1v) is 7.16. The van der Waals surface area contributed by atoms with Crippen LogP contribution in [0.3, 0.4) is 0 Å². The van der Waals surface area contributed by atoms with Gasteiger partial charge in [-0.3, -0.25) is 0 Å². The maximum Gasteiger partial charge on any atom is 0.118 e. The van der Waals surface area contributed by atoms with E-state index < -0.39 is 0 Å². The number of aryl methyl sites for hydroxylation is 1. The highest BCUT2D eigenvalue weighted by Crippen LogP contribution is 2.33. The van der Waals surface area contributed by atoms with Crippen molar-refractivity contribution in [3.8, 4) is 0 Å². The van der Waals surface area contributed by atoms with Crippen LogP contribution in [-0.4, -0.2) is 25.5 Å². The monoisotopic (exact) mass is 257 g/mol. The molecule has 0 aliphatic rings. The first-order valence-electron chi connectivity index (χ1n) is 6.11. The van der Waals surface area contributed by atoms with Gasteiger partial charge in [-0.05, 0) is 37.7 Å². The Kier molecular flexibility index (Phi) is 6.70. The quantitative estimate of drug-likeness (QED) is 0.727. The SMILES string of the molecule is CCC(N)C(SCCCOC)c1ccc(C)o1. The molecule has 98 valence electrons. The third-order valence-electron chi connectivity index (χ3n) is 2.69. The molecule has 0 bridgehead atoms. The van der Waals surface area contributed by atoms with E-state index in [1.54, 1.807) is 7.11 Å². The Morgan fingerprint density at radius 1 is 1.47 bits per heavy atom. The van der Waals surface area contributed by atoms with Crippen LogP contribution in [0.15, 0.2) is 16.5 Å². The highest BCUT2D eigenvalue weighted by atomic mass is 32.2. The van der Waals surface area contributed by atoms with E-state index in [4.69, 9.17) is 14.9 Å². The van der Waals surface area contributed by atoms with Gasteiger partial charge in [0.05, 0.1) is 5.25 Å². The van der Waals surface area contributed by atoms with Gasteiger partial charge in [-0.1, -0.05) is 6.92 Å². The van der Waals surface area contributed by atoms with Crippen LogP contribution in [0.2, 0.25) is 0 Å². The molecule has 1 heterocycles. The summed E-state index contributed by atoms with van der Waals surface area (Å²) in [6.45, 7) is 4.88. The van der Waals surface area contributed by atoms with E-state index in [2.05, 4.69) is 6.92 Å². The molecule has 0 aromatic carbocycles. The minimum absolute atomic E-state index is 0.146.